The number of hydrogen-bond donors (Lipinski definition) is 0. The smallest absolute Gasteiger partial charge is 0.330 e. The topological polar surface area (TPSA) is 29.5 Å². The Balaban J connectivity index is 2.40. The summed E-state index contributed by atoms with van der Waals surface area (Å²) in [7, 11) is 1.44. The van der Waals surface area contributed by atoms with Crippen molar-refractivity contribution < 1.29 is 9.53 Å². The third kappa shape index (κ3) is 1.98. The van der Waals surface area contributed by atoms with E-state index in [0.717, 1.165) is 18.7 Å². The molecule has 0 fully saturated rings. The van der Waals surface area contributed by atoms with E-state index in [0.29, 0.717) is 0 Å². The van der Waals surface area contributed by atoms with Crippen LogP contribution >= 0.6 is 0 Å². The van der Waals surface area contributed by atoms with Gasteiger partial charge in [-0.3, -0.25) is 4.90 Å². The number of ether oxygens (including phenoxy) is 1. The second-order valence-electron chi connectivity index (χ2n) is 4.31. The lowest BCUT2D eigenvalue weighted by Gasteiger charge is -2.36. The number of hydrogen-bond acceptors (Lipinski definition) is 3. The van der Waals surface area contributed by atoms with Gasteiger partial charge in [-0.2, -0.15) is 0 Å². The quantitative estimate of drug-likeness (QED) is 0.588. The van der Waals surface area contributed by atoms with Gasteiger partial charge in [0.15, 0.2) is 0 Å². The van der Waals surface area contributed by atoms with Crippen LogP contribution in [-0.2, 0) is 15.1 Å². The number of benzene rings is 1. The van der Waals surface area contributed by atoms with Crippen LogP contribution in [0.4, 0.5) is 0 Å². The summed E-state index contributed by atoms with van der Waals surface area (Å²) < 4.78 is 4.97. The maximum Gasteiger partial charge on any atom is 0.330 e. The lowest BCUT2D eigenvalue weighted by molar-refractivity contribution is -0.154. The highest BCUT2D eigenvalue weighted by molar-refractivity contribution is 5.82. The summed E-state index contributed by atoms with van der Waals surface area (Å²) in [6, 6.07) is 9.77. The molecule has 1 atom stereocenters. The number of esters is 1. The SMILES string of the molecule is COC(=O)[C@](C)(c1ccccc1)N1CC=CC1. The second kappa shape index (κ2) is 4.72. The molecular weight excluding hydrogens is 214 g/mol. The second-order valence-corrected chi connectivity index (χ2v) is 4.31. The zero-order chi connectivity index (χ0) is 12.3. The van der Waals surface area contributed by atoms with Gasteiger partial charge in [-0.15, -0.1) is 0 Å². The van der Waals surface area contributed by atoms with Crippen molar-refractivity contribution in [3.05, 3.63) is 48.0 Å². The van der Waals surface area contributed by atoms with Crippen molar-refractivity contribution in [2.75, 3.05) is 20.2 Å². The Kier molecular flexibility index (Phi) is 3.29. The Morgan fingerprint density at radius 1 is 1.24 bits per heavy atom. The van der Waals surface area contributed by atoms with Crippen LogP contribution < -0.4 is 0 Å². The molecule has 0 amide bonds. The Morgan fingerprint density at radius 3 is 2.35 bits per heavy atom. The molecule has 1 aromatic carbocycles. The van der Waals surface area contributed by atoms with E-state index >= 15 is 0 Å². The summed E-state index contributed by atoms with van der Waals surface area (Å²) in [4.78, 5) is 14.2. The molecule has 0 saturated carbocycles. The van der Waals surface area contributed by atoms with Crippen LogP contribution in [0.3, 0.4) is 0 Å². The number of carbonyl (C=O) groups excluding carboxylic acids is 1. The molecule has 1 aliphatic rings. The minimum Gasteiger partial charge on any atom is -0.467 e. The Bertz CT molecular complexity index is 419. The summed E-state index contributed by atoms with van der Waals surface area (Å²) in [5.74, 6) is -0.215. The van der Waals surface area contributed by atoms with Gasteiger partial charge >= 0.3 is 5.97 Å². The highest BCUT2D eigenvalue weighted by Gasteiger charge is 2.42. The molecule has 0 N–H and O–H groups in total. The van der Waals surface area contributed by atoms with E-state index in [1.807, 2.05) is 37.3 Å². The van der Waals surface area contributed by atoms with Crippen molar-refractivity contribution in [3.63, 3.8) is 0 Å². The summed E-state index contributed by atoms with van der Waals surface area (Å²) in [6.45, 7) is 3.47. The van der Waals surface area contributed by atoms with Gasteiger partial charge in [-0.25, -0.2) is 4.79 Å². The van der Waals surface area contributed by atoms with Crippen molar-refractivity contribution in [2.24, 2.45) is 0 Å². The average molecular weight is 231 g/mol. The minimum atomic E-state index is -0.709. The number of rotatable bonds is 3. The van der Waals surface area contributed by atoms with E-state index in [-0.39, 0.29) is 5.97 Å². The minimum absolute atomic E-state index is 0.215. The molecule has 1 heterocycles. The molecule has 3 heteroatoms. The lowest BCUT2D eigenvalue weighted by Crippen LogP contribution is -2.49. The molecule has 0 unspecified atom stereocenters. The number of methoxy groups -OCH3 is 1. The molecule has 0 aliphatic carbocycles. The molecule has 0 bridgehead atoms. The summed E-state index contributed by atoms with van der Waals surface area (Å²) in [5, 5.41) is 0. The molecular formula is C14H17NO2. The van der Waals surface area contributed by atoms with Crippen LogP contribution in [0.15, 0.2) is 42.5 Å². The molecule has 3 nitrogen and oxygen atoms in total. The highest BCUT2D eigenvalue weighted by Crippen LogP contribution is 2.31. The van der Waals surface area contributed by atoms with Crippen molar-refractivity contribution in [2.45, 2.75) is 12.5 Å². The maximum atomic E-state index is 12.1. The first-order valence-corrected chi connectivity index (χ1v) is 5.73. The average Bonchev–Trinajstić information content (AvgIpc) is 2.92. The van der Waals surface area contributed by atoms with Gasteiger partial charge in [0.1, 0.15) is 5.54 Å². The van der Waals surface area contributed by atoms with Crippen molar-refractivity contribution >= 4 is 5.97 Å². The normalized spacial score (nSPS) is 18.9. The van der Waals surface area contributed by atoms with Gasteiger partial charge in [0.2, 0.25) is 0 Å². The largest absolute Gasteiger partial charge is 0.467 e. The van der Waals surface area contributed by atoms with E-state index in [1.165, 1.54) is 7.11 Å². The highest BCUT2D eigenvalue weighted by atomic mass is 16.5. The van der Waals surface area contributed by atoms with E-state index < -0.39 is 5.54 Å². The van der Waals surface area contributed by atoms with Crippen molar-refractivity contribution in [3.8, 4) is 0 Å². The van der Waals surface area contributed by atoms with Crippen molar-refractivity contribution in [1.82, 2.24) is 4.90 Å². The van der Waals surface area contributed by atoms with Crippen LogP contribution in [-0.4, -0.2) is 31.1 Å². The molecule has 17 heavy (non-hydrogen) atoms. The molecule has 1 aromatic rings. The van der Waals surface area contributed by atoms with Gasteiger partial charge in [0.05, 0.1) is 7.11 Å². The van der Waals surface area contributed by atoms with Crippen LogP contribution in [0.25, 0.3) is 0 Å². The first-order chi connectivity index (χ1) is 8.19. The first-order valence-electron chi connectivity index (χ1n) is 5.73. The third-order valence-corrected chi connectivity index (χ3v) is 3.37. The molecule has 90 valence electrons. The fourth-order valence-corrected chi connectivity index (χ4v) is 2.23. The monoisotopic (exact) mass is 231 g/mol. The molecule has 1 aliphatic heterocycles. The first kappa shape index (κ1) is 11.9. The van der Waals surface area contributed by atoms with Gasteiger partial charge < -0.3 is 4.74 Å². The number of nitrogens with zero attached hydrogens (tertiary/aromatic N) is 1. The number of carbonyl (C=O) groups is 1. The molecule has 0 spiro atoms. The fraction of sp³-hybridized carbons (Fsp3) is 0.357. The van der Waals surface area contributed by atoms with Crippen LogP contribution in [0.1, 0.15) is 12.5 Å². The maximum absolute atomic E-state index is 12.1. The lowest BCUT2D eigenvalue weighted by atomic mass is 9.90. The van der Waals surface area contributed by atoms with Crippen LogP contribution in [0.5, 0.6) is 0 Å². The Hall–Kier alpha value is -1.61. The standard InChI is InChI=1S/C14H17NO2/c1-14(13(16)17-2,15-10-6-7-11-15)12-8-4-3-5-9-12/h3-9H,10-11H2,1-2H3/t14-/m0/s1. The van der Waals surface area contributed by atoms with Crippen LogP contribution in [0.2, 0.25) is 0 Å². The predicted octanol–water partition coefficient (Wildman–Crippen LogP) is 1.95. The molecule has 0 saturated heterocycles. The van der Waals surface area contributed by atoms with E-state index in [1.54, 1.807) is 0 Å². The van der Waals surface area contributed by atoms with Gasteiger partial charge in [-0.05, 0) is 12.5 Å². The fourth-order valence-electron chi connectivity index (χ4n) is 2.23. The predicted molar refractivity (Wildman–Crippen MR) is 66.5 cm³/mol. The van der Waals surface area contributed by atoms with E-state index in [2.05, 4.69) is 17.1 Å². The summed E-state index contributed by atoms with van der Waals surface area (Å²) >= 11 is 0. The Morgan fingerprint density at radius 2 is 1.82 bits per heavy atom. The summed E-state index contributed by atoms with van der Waals surface area (Å²) in [6.07, 6.45) is 4.15. The molecule has 0 aromatic heterocycles. The zero-order valence-corrected chi connectivity index (χ0v) is 10.2. The van der Waals surface area contributed by atoms with Crippen molar-refractivity contribution in [1.29, 1.82) is 0 Å². The summed E-state index contributed by atoms with van der Waals surface area (Å²) in [5.41, 5.74) is 0.259. The van der Waals surface area contributed by atoms with Gasteiger partial charge in [-0.1, -0.05) is 42.5 Å². The molecule has 0 radical (unpaired) electrons. The Labute approximate surface area is 102 Å². The van der Waals surface area contributed by atoms with Gasteiger partial charge in [0.25, 0.3) is 0 Å². The molecule has 2 rings (SSSR count). The van der Waals surface area contributed by atoms with E-state index in [4.69, 9.17) is 4.74 Å². The van der Waals surface area contributed by atoms with Gasteiger partial charge in [0, 0.05) is 13.1 Å². The zero-order valence-electron chi connectivity index (χ0n) is 10.2. The third-order valence-electron chi connectivity index (χ3n) is 3.37. The van der Waals surface area contributed by atoms with E-state index in [9.17, 15) is 4.79 Å². The van der Waals surface area contributed by atoms with Crippen LogP contribution in [0, 0.1) is 0 Å².